The molecule has 0 aromatic carbocycles. The fourth-order valence-corrected chi connectivity index (χ4v) is 3.00. The molecule has 1 aromatic rings. The molecule has 0 saturated carbocycles. The molecule has 6 nitrogen and oxygen atoms in total. The molecule has 0 spiro atoms. The van der Waals surface area contributed by atoms with Gasteiger partial charge < -0.3 is 9.88 Å². The third kappa shape index (κ3) is 2.85. The molecule has 0 aliphatic carbocycles. The highest BCUT2D eigenvalue weighted by Gasteiger charge is 2.21. The number of aromatic nitrogens is 2. The van der Waals surface area contributed by atoms with Crippen molar-refractivity contribution in [3.05, 3.63) is 12.0 Å². The zero-order valence-electron chi connectivity index (χ0n) is 10.1. The van der Waals surface area contributed by atoms with Crippen LogP contribution in [0.1, 0.15) is 12.2 Å². The van der Waals surface area contributed by atoms with Crippen LogP contribution in [0.2, 0.25) is 0 Å². The molecule has 0 radical (unpaired) electrons. The van der Waals surface area contributed by atoms with E-state index < -0.39 is 10.0 Å². The van der Waals surface area contributed by atoms with Crippen molar-refractivity contribution in [1.82, 2.24) is 19.6 Å². The Balaban J connectivity index is 2.03. The van der Waals surface area contributed by atoms with Crippen LogP contribution in [0.4, 0.5) is 0 Å². The van der Waals surface area contributed by atoms with E-state index in [-0.39, 0.29) is 5.03 Å². The molecule has 1 aromatic heterocycles. The minimum absolute atomic E-state index is 0.100. The van der Waals surface area contributed by atoms with E-state index in [1.54, 1.807) is 18.5 Å². The van der Waals surface area contributed by atoms with E-state index in [4.69, 9.17) is 0 Å². The third-order valence-electron chi connectivity index (χ3n) is 3.09. The highest BCUT2D eigenvalue weighted by atomic mass is 32.2. The maximum atomic E-state index is 11.9. The average molecular weight is 258 g/mol. The summed E-state index contributed by atoms with van der Waals surface area (Å²) in [5, 5.41) is 3.31. The van der Waals surface area contributed by atoms with Crippen molar-refractivity contribution in [1.29, 1.82) is 0 Å². The average Bonchev–Trinajstić information content (AvgIpc) is 2.87. The van der Waals surface area contributed by atoms with Gasteiger partial charge in [-0.1, -0.05) is 0 Å². The van der Waals surface area contributed by atoms with Crippen LogP contribution in [-0.4, -0.2) is 37.6 Å². The van der Waals surface area contributed by atoms with E-state index in [0.717, 1.165) is 19.5 Å². The number of nitrogens with zero attached hydrogens (tertiary/aromatic N) is 2. The lowest BCUT2D eigenvalue weighted by atomic mass is 10.1. The summed E-state index contributed by atoms with van der Waals surface area (Å²) in [7, 11) is -1.68. The Bertz CT molecular complexity index is 469. The molecule has 1 fully saturated rings. The van der Waals surface area contributed by atoms with Gasteiger partial charge in [0.25, 0.3) is 10.0 Å². The zero-order valence-corrected chi connectivity index (χ0v) is 10.9. The van der Waals surface area contributed by atoms with Crippen molar-refractivity contribution in [2.24, 2.45) is 13.0 Å². The summed E-state index contributed by atoms with van der Waals surface area (Å²) >= 11 is 0. The summed E-state index contributed by atoms with van der Waals surface area (Å²) in [6.07, 6.45) is 2.55. The van der Waals surface area contributed by atoms with Crippen LogP contribution in [0.25, 0.3) is 0 Å². The van der Waals surface area contributed by atoms with Gasteiger partial charge in [0.2, 0.25) is 0 Å². The Labute approximate surface area is 101 Å². The van der Waals surface area contributed by atoms with Crippen LogP contribution in [0.5, 0.6) is 0 Å². The van der Waals surface area contributed by atoms with E-state index in [9.17, 15) is 8.42 Å². The van der Waals surface area contributed by atoms with E-state index in [1.165, 1.54) is 6.20 Å². The lowest BCUT2D eigenvalue weighted by Gasteiger charge is -2.08. The highest BCUT2D eigenvalue weighted by Crippen LogP contribution is 2.10. The lowest BCUT2D eigenvalue weighted by Crippen LogP contribution is -2.30. The quantitative estimate of drug-likeness (QED) is 0.771. The van der Waals surface area contributed by atoms with Crippen LogP contribution >= 0.6 is 0 Å². The van der Waals surface area contributed by atoms with Crippen molar-refractivity contribution in [2.45, 2.75) is 18.4 Å². The maximum absolute atomic E-state index is 11.9. The Morgan fingerprint density at radius 2 is 2.41 bits per heavy atom. The predicted molar refractivity (Wildman–Crippen MR) is 64.1 cm³/mol. The van der Waals surface area contributed by atoms with Crippen molar-refractivity contribution >= 4 is 10.0 Å². The van der Waals surface area contributed by atoms with E-state index >= 15 is 0 Å². The Morgan fingerprint density at radius 3 is 2.94 bits per heavy atom. The molecule has 2 heterocycles. The first-order valence-corrected chi connectivity index (χ1v) is 7.18. The van der Waals surface area contributed by atoms with Gasteiger partial charge in [0.15, 0.2) is 5.03 Å². The molecule has 7 heteroatoms. The number of rotatable bonds is 4. The standard InChI is InChI=1S/C10H18N4O2S/c1-8-13-10(7-14(8)2)17(15,16)12-6-9-3-4-11-5-9/h7,9,11-12H,3-6H2,1-2H3. The zero-order chi connectivity index (χ0) is 12.5. The molecule has 0 bridgehead atoms. The molecule has 2 N–H and O–H groups in total. The van der Waals surface area contributed by atoms with Gasteiger partial charge in [-0.05, 0) is 32.4 Å². The lowest BCUT2D eigenvalue weighted by molar-refractivity contribution is 0.537. The molecule has 1 atom stereocenters. The Hall–Kier alpha value is -0.920. The third-order valence-corrected chi connectivity index (χ3v) is 4.38. The van der Waals surface area contributed by atoms with Gasteiger partial charge in [0.05, 0.1) is 0 Å². The predicted octanol–water partition coefficient (Wildman–Crippen LogP) is -0.384. The Morgan fingerprint density at radius 1 is 1.65 bits per heavy atom. The molecule has 2 rings (SSSR count). The number of hydrogen-bond acceptors (Lipinski definition) is 4. The van der Waals surface area contributed by atoms with Gasteiger partial charge >= 0.3 is 0 Å². The first-order chi connectivity index (χ1) is 7.99. The topological polar surface area (TPSA) is 76.0 Å². The van der Waals surface area contributed by atoms with Crippen LogP contribution in [0.15, 0.2) is 11.2 Å². The van der Waals surface area contributed by atoms with Gasteiger partial charge in [-0.15, -0.1) is 0 Å². The van der Waals surface area contributed by atoms with E-state index in [1.807, 2.05) is 0 Å². The van der Waals surface area contributed by atoms with Crippen LogP contribution in [0.3, 0.4) is 0 Å². The van der Waals surface area contributed by atoms with Crippen LogP contribution in [0, 0.1) is 12.8 Å². The van der Waals surface area contributed by atoms with Gasteiger partial charge in [0.1, 0.15) is 5.82 Å². The normalized spacial score (nSPS) is 20.9. The largest absolute Gasteiger partial charge is 0.337 e. The summed E-state index contributed by atoms with van der Waals surface area (Å²) in [5.74, 6) is 1.07. The molecule has 1 aliphatic rings. The monoisotopic (exact) mass is 258 g/mol. The van der Waals surface area contributed by atoms with Crippen molar-refractivity contribution in [3.8, 4) is 0 Å². The second-order valence-electron chi connectivity index (χ2n) is 4.45. The number of hydrogen-bond donors (Lipinski definition) is 2. The molecular weight excluding hydrogens is 240 g/mol. The number of nitrogens with one attached hydrogen (secondary N) is 2. The first kappa shape index (κ1) is 12.5. The number of sulfonamides is 1. The first-order valence-electron chi connectivity index (χ1n) is 5.69. The van der Waals surface area contributed by atoms with Gasteiger partial charge in [-0.3, -0.25) is 0 Å². The summed E-state index contributed by atoms with van der Waals surface area (Å²) in [5.41, 5.74) is 0. The Kier molecular flexibility index (Phi) is 3.50. The van der Waals surface area contributed by atoms with Crippen LogP contribution in [-0.2, 0) is 17.1 Å². The second-order valence-corrected chi connectivity index (χ2v) is 6.16. The van der Waals surface area contributed by atoms with E-state index in [2.05, 4.69) is 15.0 Å². The minimum Gasteiger partial charge on any atom is -0.337 e. The van der Waals surface area contributed by atoms with Gasteiger partial charge in [-0.2, -0.15) is 0 Å². The van der Waals surface area contributed by atoms with E-state index in [0.29, 0.717) is 18.3 Å². The summed E-state index contributed by atoms with van der Waals surface area (Å²) in [6.45, 7) is 4.10. The molecule has 1 saturated heterocycles. The summed E-state index contributed by atoms with van der Waals surface area (Å²) in [4.78, 5) is 4.02. The fourth-order valence-electron chi connectivity index (χ4n) is 1.85. The van der Waals surface area contributed by atoms with Crippen molar-refractivity contribution in [2.75, 3.05) is 19.6 Å². The van der Waals surface area contributed by atoms with Crippen LogP contribution < -0.4 is 10.0 Å². The number of imidazole rings is 1. The van der Waals surface area contributed by atoms with Gasteiger partial charge in [0, 0.05) is 19.8 Å². The molecule has 1 unspecified atom stereocenters. The summed E-state index contributed by atoms with van der Waals surface area (Å²) in [6, 6.07) is 0. The fraction of sp³-hybridized carbons (Fsp3) is 0.700. The SMILES string of the molecule is Cc1nc(S(=O)(=O)NCC2CCNC2)cn1C. The highest BCUT2D eigenvalue weighted by molar-refractivity contribution is 7.89. The summed E-state index contributed by atoms with van der Waals surface area (Å²) < 4.78 is 28.2. The second kappa shape index (κ2) is 4.75. The van der Waals surface area contributed by atoms with Crippen molar-refractivity contribution in [3.63, 3.8) is 0 Å². The maximum Gasteiger partial charge on any atom is 0.259 e. The molecule has 0 amide bonds. The number of aryl methyl sites for hydroxylation is 2. The molecular formula is C10H18N4O2S. The molecule has 17 heavy (non-hydrogen) atoms. The van der Waals surface area contributed by atoms with Crippen molar-refractivity contribution < 1.29 is 8.42 Å². The molecule has 96 valence electrons. The smallest absolute Gasteiger partial charge is 0.259 e. The van der Waals surface area contributed by atoms with Gasteiger partial charge in [-0.25, -0.2) is 18.1 Å². The molecule has 1 aliphatic heterocycles. The minimum atomic E-state index is -3.46.